The summed E-state index contributed by atoms with van der Waals surface area (Å²) in [5.74, 6) is -2.58. The molecule has 0 aromatic carbocycles. The van der Waals surface area contributed by atoms with Gasteiger partial charge in [-0.25, -0.2) is 9.59 Å². The van der Waals surface area contributed by atoms with Crippen molar-refractivity contribution in [2.45, 2.75) is 38.5 Å². The lowest BCUT2D eigenvalue weighted by molar-refractivity contribution is -0.153. The Balaban J connectivity index is 2.47. The minimum atomic E-state index is -1.26. The van der Waals surface area contributed by atoms with E-state index in [2.05, 4.69) is 26.0 Å². The number of ether oxygens (including phenoxy) is 2. The number of alkyl carbamates (subject to hydrolysis) is 1. The van der Waals surface area contributed by atoms with Gasteiger partial charge in [-0.15, -0.1) is 0 Å². The summed E-state index contributed by atoms with van der Waals surface area (Å²) < 4.78 is 10.9. The highest BCUT2D eigenvalue weighted by atomic mass is 79.9. The lowest BCUT2D eigenvalue weighted by atomic mass is 10.0. The summed E-state index contributed by atoms with van der Waals surface area (Å²) in [5, 5.41) is 11.3. The highest BCUT2D eigenvalue weighted by molar-refractivity contribution is 9.09. The summed E-state index contributed by atoms with van der Waals surface area (Å²) in [5.41, 5.74) is -0.677. The third kappa shape index (κ3) is 6.19. The van der Waals surface area contributed by atoms with Crippen LogP contribution in [0.4, 0.5) is 4.79 Å². The van der Waals surface area contributed by atoms with Crippen LogP contribution in [0.5, 0.6) is 0 Å². The minimum Gasteiger partial charge on any atom is -0.479 e. The van der Waals surface area contributed by atoms with E-state index in [9.17, 15) is 19.2 Å². The SMILES string of the molecule is CC(C)(C)OC(=O)NC1C(=O)N(SCC(=O)OCC(=O)O)C1CBr. The molecule has 1 aliphatic heterocycles. The molecule has 0 bridgehead atoms. The standard InChI is InChI=1S/C13H19BrN2O7S/c1-13(2,3)23-12(21)15-10-7(4-14)16(11(10)20)24-6-9(19)22-5-8(17)18/h7,10H,4-6H2,1-3H3,(H,15,21)(H,17,18). The van der Waals surface area contributed by atoms with E-state index in [1.165, 1.54) is 4.31 Å². The molecule has 1 aliphatic rings. The second kappa shape index (κ2) is 8.56. The fourth-order valence-corrected chi connectivity index (χ4v) is 3.54. The lowest BCUT2D eigenvalue weighted by Gasteiger charge is -2.45. The second-order valence-corrected chi connectivity index (χ2v) is 7.43. The van der Waals surface area contributed by atoms with Gasteiger partial charge < -0.3 is 19.9 Å². The third-order valence-corrected chi connectivity index (χ3v) is 4.43. The van der Waals surface area contributed by atoms with E-state index >= 15 is 0 Å². The number of carbonyl (C=O) groups is 4. The molecular weight excluding hydrogens is 408 g/mol. The van der Waals surface area contributed by atoms with E-state index in [4.69, 9.17) is 9.84 Å². The van der Waals surface area contributed by atoms with Crippen molar-refractivity contribution in [3.8, 4) is 0 Å². The number of carboxylic acids is 1. The largest absolute Gasteiger partial charge is 0.479 e. The lowest BCUT2D eigenvalue weighted by Crippen LogP contribution is -2.69. The van der Waals surface area contributed by atoms with Crippen LogP contribution in [-0.2, 0) is 23.9 Å². The van der Waals surface area contributed by atoms with Gasteiger partial charge in [0.05, 0.1) is 6.04 Å². The summed E-state index contributed by atoms with van der Waals surface area (Å²) in [6.07, 6.45) is -0.697. The number of nitrogens with zero attached hydrogens (tertiary/aromatic N) is 1. The average Bonchev–Trinajstić information content (AvgIpc) is 2.45. The Bertz CT molecular complexity index is 523. The highest BCUT2D eigenvalue weighted by Gasteiger charge is 2.48. The van der Waals surface area contributed by atoms with Crippen LogP contribution < -0.4 is 5.32 Å². The zero-order chi connectivity index (χ0) is 18.5. The number of esters is 1. The normalized spacial score (nSPS) is 20.2. The fourth-order valence-electron chi connectivity index (χ4n) is 1.73. The van der Waals surface area contributed by atoms with Gasteiger partial charge in [0.2, 0.25) is 0 Å². The molecular formula is C13H19BrN2O7S. The zero-order valence-electron chi connectivity index (χ0n) is 13.4. The van der Waals surface area contributed by atoms with Gasteiger partial charge in [0.1, 0.15) is 17.4 Å². The first kappa shape index (κ1) is 20.6. The number of alkyl halides is 1. The van der Waals surface area contributed by atoms with Crippen LogP contribution in [0.1, 0.15) is 20.8 Å². The summed E-state index contributed by atoms with van der Waals surface area (Å²) in [7, 11) is 0. The number of hydrogen-bond donors (Lipinski definition) is 2. The van der Waals surface area contributed by atoms with Gasteiger partial charge in [0.25, 0.3) is 5.91 Å². The first-order chi connectivity index (χ1) is 11.0. The summed E-state index contributed by atoms with van der Waals surface area (Å²) in [6, 6.07) is -1.11. The molecule has 1 saturated heterocycles. The van der Waals surface area contributed by atoms with Crippen molar-refractivity contribution in [1.82, 2.24) is 9.62 Å². The minimum absolute atomic E-state index is 0.207. The molecule has 24 heavy (non-hydrogen) atoms. The van der Waals surface area contributed by atoms with E-state index in [0.29, 0.717) is 5.33 Å². The van der Waals surface area contributed by atoms with Gasteiger partial charge in [-0.05, 0) is 32.7 Å². The maximum absolute atomic E-state index is 12.1. The average molecular weight is 427 g/mol. The summed E-state index contributed by atoms with van der Waals surface area (Å²) in [4.78, 5) is 45.5. The Morgan fingerprint density at radius 2 is 2.00 bits per heavy atom. The number of carbonyl (C=O) groups excluding carboxylic acids is 3. The molecule has 2 amide bonds. The van der Waals surface area contributed by atoms with E-state index < -0.39 is 36.3 Å². The van der Waals surface area contributed by atoms with Crippen molar-refractivity contribution in [3.05, 3.63) is 0 Å². The Labute approximate surface area is 151 Å². The number of hydrogen-bond acceptors (Lipinski definition) is 7. The summed E-state index contributed by atoms with van der Waals surface area (Å²) >= 11 is 4.15. The molecule has 9 nitrogen and oxygen atoms in total. The number of halogens is 1. The fraction of sp³-hybridized carbons (Fsp3) is 0.692. The van der Waals surface area contributed by atoms with Crippen molar-refractivity contribution in [1.29, 1.82) is 0 Å². The van der Waals surface area contributed by atoms with Crippen molar-refractivity contribution in [2.24, 2.45) is 0 Å². The van der Waals surface area contributed by atoms with Crippen molar-refractivity contribution in [2.75, 3.05) is 17.7 Å². The van der Waals surface area contributed by atoms with Crippen LogP contribution in [0.15, 0.2) is 0 Å². The van der Waals surface area contributed by atoms with E-state index in [1.54, 1.807) is 20.8 Å². The van der Waals surface area contributed by atoms with Crippen LogP contribution >= 0.6 is 27.9 Å². The number of carboxylic acid groups (broad SMARTS) is 1. The van der Waals surface area contributed by atoms with Gasteiger partial charge >= 0.3 is 18.0 Å². The van der Waals surface area contributed by atoms with Crippen LogP contribution in [-0.4, -0.2) is 68.7 Å². The van der Waals surface area contributed by atoms with Crippen LogP contribution in [0, 0.1) is 0 Å². The third-order valence-electron chi connectivity index (χ3n) is 2.68. The molecule has 2 unspecified atom stereocenters. The predicted octanol–water partition coefficient (Wildman–Crippen LogP) is 0.761. The first-order valence-electron chi connectivity index (χ1n) is 6.94. The van der Waals surface area contributed by atoms with Crippen LogP contribution in [0.25, 0.3) is 0 Å². The number of aliphatic carboxylic acids is 1. The van der Waals surface area contributed by atoms with Gasteiger partial charge in [-0.2, -0.15) is 0 Å². The molecule has 2 N–H and O–H groups in total. The Hall–Kier alpha value is -1.49. The van der Waals surface area contributed by atoms with Gasteiger partial charge in [0, 0.05) is 5.33 Å². The molecule has 0 saturated carbocycles. The van der Waals surface area contributed by atoms with Gasteiger partial charge in [-0.3, -0.25) is 13.9 Å². The first-order valence-corrected chi connectivity index (χ1v) is 9.00. The van der Waals surface area contributed by atoms with Crippen molar-refractivity contribution < 1.29 is 33.8 Å². The van der Waals surface area contributed by atoms with Crippen molar-refractivity contribution in [3.63, 3.8) is 0 Å². The van der Waals surface area contributed by atoms with Crippen LogP contribution in [0.3, 0.4) is 0 Å². The molecule has 1 fully saturated rings. The second-order valence-electron chi connectivity index (χ2n) is 5.84. The highest BCUT2D eigenvalue weighted by Crippen LogP contribution is 2.30. The molecule has 136 valence electrons. The molecule has 2 atom stereocenters. The monoisotopic (exact) mass is 426 g/mol. The zero-order valence-corrected chi connectivity index (χ0v) is 15.8. The van der Waals surface area contributed by atoms with Crippen molar-refractivity contribution >= 4 is 51.8 Å². The number of amides is 2. The maximum atomic E-state index is 12.1. The van der Waals surface area contributed by atoms with Gasteiger partial charge in [0.15, 0.2) is 6.61 Å². The molecule has 0 radical (unpaired) electrons. The van der Waals surface area contributed by atoms with E-state index in [1.807, 2.05) is 0 Å². The summed E-state index contributed by atoms with van der Waals surface area (Å²) in [6.45, 7) is 4.41. The van der Waals surface area contributed by atoms with Crippen LogP contribution in [0.2, 0.25) is 0 Å². The topological polar surface area (TPSA) is 122 Å². The Morgan fingerprint density at radius 3 is 2.50 bits per heavy atom. The number of β-lactam (4-membered cyclic amide) rings is 1. The molecule has 0 aromatic rings. The van der Waals surface area contributed by atoms with E-state index in [0.717, 1.165) is 11.9 Å². The van der Waals surface area contributed by atoms with Gasteiger partial charge in [-0.1, -0.05) is 15.9 Å². The molecule has 0 aromatic heterocycles. The Kier molecular flexibility index (Phi) is 7.33. The molecule has 0 aliphatic carbocycles. The molecule has 11 heteroatoms. The number of rotatable bonds is 7. The molecule has 1 rings (SSSR count). The maximum Gasteiger partial charge on any atom is 0.408 e. The predicted molar refractivity (Wildman–Crippen MR) is 88.6 cm³/mol. The Morgan fingerprint density at radius 1 is 1.38 bits per heavy atom. The molecule has 0 spiro atoms. The smallest absolute Gasteiger partial charge is 0.408 e. The van der Waals surface area contributed by atoms with E-state index in [-0.39, 0.29) is 17.7 Å². The number of nitrogens with one attached hydrogen (secondary N) is 1. The quantitative estimate of drug-likeness (QED) is 0.264. The molecule has 1 heterocycles.